The zero-order valence-corrected chi connectivity index (χ0v) is 34.7. The van der Waals surface area contributed by atoms with Crippen LogP contribution < -0.4 is 9.47 Å². The number of phenols is 3. The first-order valence-corrected chi connectivity index (χ1v) is 20.4. The number of hydrogen-bond donors (Lipinski definition) is 13. The monoisotopic (exact) mass is 935 g/mol. The fourth-order valence-corrected chi connectivity index (χ4v) is 7.58. The predicted molar refractivity (Wildman–Crippen MR) is 218 cm³/mol. The van der Waals surface area contributed by atoms with Crippen LogP contribution in [-0.4, -0.2) is 196 Å². The molecule has 360 valence electrons. The van der Waals surface area contributed by atoms with Crippen molar-refractivity contribution in [3.63, 3.8) is 0 Å². The van der Waals surface area contributed by atoms with Crippen LogP contribution >= 0.6 is 0 Å². The van der Waals surface area contributed by atoms with Gasteiger partial charge in [-0.1, -0.05) is 12.1 Å². The highest BCUT2D eigenvalue weighted by molar-refractivity contribution is 5.87. The second-order valence-electron chi connectivity index (χ2n) is 15.7. The molecule has 4 heterocycles. The third-order valence-corrected chi connectivity index (χ3v) is 11.3. The van der Waals surface area contributed by atoms with Gasteiger partial charge in [-0.25, -0.2) is 4.79 Å². The smallest absolute Gasteiger partial charge is 0.330 e. The number of hydrogen-bond acceptors (Lipinski definition) is 22. The maximum absolute atomic E-state index is 12.8. The summed E-state index contributed by atoms with van der Waals surface area (Å²) in [5, 5.41) is 137. The summed E-state index contributed by atoms with van der Waals surface area (Å²) >= 11 is 0. The SMILES string of the molecule is COc1cc(C2[OH+]c3cc(O)cc(O[C@@H]4O[C@H](CO)[C@@H](O)[C@H](O)[C@@H]4O)c3C=C2O[C@@H]2O[C@H](COC(=O)/C=C/c3ccc(O)cc3)[C@@H](O)[C@H](O)[C@@H]2O[C@@H]2O[C@H](CO)[C@@H](O)[C@H](O)[C@H]2O)ccc1O. The standard InChI is InChI=1S/C43H50O23/c1-58-25-10-18(5-8-22(25)48)39-26(13-21-23(60-39)11-20(47)12-24(21)61-41-37(56)34(53)31(50)27(14-44)63-41)62-43-40(66-42-38(57)35(54)32(51)28(15-45)64-42)36(55)33(52)29(65-43)16-59-30(49)9-4-17-2-6-19(46)7-3-17/h2-13,27-29,31-48,50-57H,14-16H2,1H3/p+1/b9-4+/t27-,28-,29-,31-,32-,33-,34+,35+,36+,37+,38-,39?,40+,41-,42+,43-/m1/s1. The van der Waals surface area contributed by atoms with Crippen LogP contribution in [0, 0.1) is 0 Å². The number of benzene rings is 3. The number of carbonyl (C=O) groups excluding carboxylic acids is 1. The van der Waals surface area contributed by atoms with Gasteiger partial charge < -0.3 is 109 Å². The van der Waals surface area contributed by atoms with E-state index in [0.29, 0.717) is 5.56 Å². The quantitative estimate of drug-likeness (QED) is 0.0442. The molecule has 66 heavy (non-hydrogen) atoms. The summed E-state index contributed by atoms with van der Waals surface area (Å²) in [7, 11) is 1.29. The normalized spacial score (nSPS) is 34.4. The Labute approximate surface area is 374 Å². The van der Waals surface area contributed by atoms with Crippen molar-refractivity contribution in [2.24, 2.45) is 0 Å². The van der Waals surface area contributed by atoms with Crippen LogP contribution in [0.3, 0.4) is 0 Å². The number of fused-ring (bicyclic) bond motifs is 1. The van der Waals surface area contributed by atoms with E-state index in [-0.39, 0.29) is 45.6 Å². The molecule has 0 aromatic heterocycles. The summed E-state index contributed by atoms with van der Waals surface area (Å²) in [5.41, 5.74) is 0.826. The zero-order valence-electron chi connectivity index (χ0n) is 34.7. The summed E-state index contributed by atoms with van der Waals surface area (Å²) < 4.78 is 50.9. The van der Waals surface area contributed by atoms with Crippen LogP contribution in [0.2, 0.25) is 0 Å². The number of aliphatic hydroxyl groups is 11. The van der Waals surface area contributed by atoms with Gasteiger partial charge in [0, 0.05) is 18.2 Å². The highest BCUT2D eigenvalue weighted by atomic mass is 16.8. The van der Waals surface area contributed by atoms with Crippen LogP contribution in [-0.2, 0) is 33.2 Å². The second-order valence-corrected chi connectivity index (χ2v) is 15.7. The van der Waals surface area contributed by atoms with E-state index in [9.17, 15) is 71.2 Å². The number of phenolic OH excluding ortho intramolecular Hbond substituents is 3. The van der Waals surface area contributed by atoms with Crippen molar-refractivity contribution in [1.82, 2.24) is 0 Å². The van der Waals surface area contributed by atoms with Gasteiger partial charge in [-0.2, -0.15) is 0 Å². The molecule has 0 amide bonds. The Morgan fingerprint density at radius 1 is 0.667 bits per heavy atom. The van der Waals surface area contributed by atoms with E-state index >= 15 is 0 Å². The third kappa shape index (κ3) is 10.3. The fraction of sp³-hybridized carbons (Fsp3) is 0.465. The first-order chi connectivity index (χ1) is 31.5. The first kappa shape index (κ1) is 48.6. The van der Waals surface area contributed by atoms with Gasteiger partial charge in [0.2, 0.25) is 12.6 Å². The van der Waals surface area contributed by atoms with E-state index < -0.39 is 130 Å². The summed E-state index contributed by atoms with van der Waals surface area (Å²) in [6.45, 7) is -2.33. The van der Waals surface area contributed by atoms with Gasteiger partial charge in [0.1, 0.15) is 96.6 Å². The lowest BCUT2D eigenvalue weighted by molar-refractivity contribution is -0.364. The highest BCUT2D eigenvalue weighted by Crippen LogP contribution is 2.47. The topological polar surface area (TPSA) is 367 Å². The molecule has 3 saturated heterocycles. The molecule has 3 aromatic carbocycles. The second kappa shape index (κ2) is 20.7. The van der Waals surface area contributed by atoms with Crippen LogP contribution in [0.1, 0.15) is 22.8 Å². The van der Waals surface area contributed by atoms with E-state index in [1.165, 1.54) is 67.8 Å². The molecule has 23 nitrogen and oxygen atoms in total. The number of rotatable bonds is 14. The lowest BCUT2D eigenvalue weighted by Gasteiger charge is -2.46. The Morgan fingerprint density at radius 2 is 1.29 bits per heavy atom. The van der Waals surface area contributed by atoms with Gasteiger partial charge in [-0.15, -0.1) is 0 Å². The largest absolute Gasteiger partial charge is 0.571 e. The minimum absolute atomic E-state index is 0.000505. The maximum Gasteiger partial charge on any atom is 0.330 e. The van der Waals surface area contributed by atoms with E-state index in [0.717, 1.165) is 12.1 Å². The van der Waals surface area contributed by atoms with Gasteiger partial charge in [0.15, 0.2) is 29.7 Å². The fourth-order valence-electron chi connectivity index (χ4n) is 7.58. The molecule has 4 aliphatic rings. The zero-order chi connectivity index (χ0) is 47.6. The molecule has 0 bridgehead atoms. The van der Waals surface area contributed by atoms with Crippen molar-refractivity contribution in [2.75, 3.05) is 26.9 Å². The average molecular weight is 936 g/mol. The van der Waals surface area contributed by atoms with Gasteiger partial charge in [0.25, 0.3) is 11.9 Å². The molecule has 3 fully saturated rings. The molecule has 0 radical (unpaired) electrons. The number of esters is 1. The van der Waals surface area contributed by atoms with E-state index in [4.69, 9.17) is 42.6 Å². The number of carbonyl (C=O) groups is 1. The number of aliphatic hydroxyl groups excluding tert-OH is 10. The van der Waals surface area contributed by atoms with Crippen LogP contribution in [0.5, 0.6) is 34.5 Å². The van der Waals surface area contributed by atoms with Gasteiger partial charge in [0.05, 0.1) is 32.0 Å². The number of methoxy groups -OCH3 is 1. The van der Waals surface area contributed by atoms with Crippen LogP contribution in [0.4, 0.5) is 0 Å². The molecule has 0 aliphatic carbocycles. The van der Waals surface area contributed by atoms with Crippen molar-refractivity contribution in [3.05, 3.63) is 83.1 Å². The lowest BCUT2D eigenvalue weighted by Crippen LogP contribution is -2.64. The van der Waals surface area contributed by atoms with Gasteiger partial charge in [-0.05, 0) is 42.0 Å². The molecule has 3 aromatic rings. The minimum atomic E-state index is -2.03. The maximum atomic E-state index is 12.8. The Hall–Kier alpha value is -5.35. The van der Waals surface area contributed by atoms with Crippen LogP contribution in [0.25, 0.3) is 12.2 Å². The summed E-state index contributed by atoms with van der Waals surface area (Å²) in [6.07, 6.45) is -24.5. The number of ether oxygens (including phenoxy) is 9. The molecule has 7 rings (SSSR count). The highest BCUT2D eigenvalue weighted by Gasteiger charge is 2.53. The Morgan fingerprint density at radius 3 is 1.94 bits per heavy atom. The molecular weight excluding hydrogens is 884 g/mol. The Balaban J connectivity index is 1.26. The van der Waals surface area contributed by atoms with Crippen molar-refractivity contribution >= 4 is 18.1 Å². The molecule has 16 atom stereocenters. The van der Waals surface area contributed by atoms with E-state index in [1.807, 2.05) is 0 Å². The Kier molecular flexibility index (Phi) is 15.2. The number of aromatic hydroxyl groups is 4. The van der Waals surface area contributed by atoms with Crippen molar-refractivity contribution in [3.8, 4) is 34.5 Å². The third-order valence-electron chi connectivity index (χ3n) is 11.3. The molecule has 4 aliphatic heterocycles. The molecular formula is C43H51O23+. The minimum Gasteiger partial charge on any atom is -0.571 e. The summed E-state index contributed by atoms with van der Waals surface area (Å²) in [5.74, 6) is -2.00. The van der Waals surface area contributed by atoms with Crippen LogP contribution in [0.15, 0.2) is 66.4 Å². The van der Waals surface area contributed by atoms with Gasteiger partial charge in [-0.3, -0.25) is 0 Å². The van der Waals surface area contributed by atoms with Crippen molar-refractivity contribution in [2.45, 2.75) is 98.2 Å². The Bertz CT molecular complexity index is 2200. The van der Waals surface area contributed by atoms with Crippen molar-refractivity contribution < 1.29 is 114 Å². The summed E-state index contributed by atoms with van der Waals surface area (Å²) in [6, 6.07) is 12.3. The van der Waals surface area contributed by atoms with E-state index in [2.05, 4.69) is 0 Å². The predicted octanol–water partition coefficient (Wildman–Crippen LogP) is -2.77. The molecule has 0 spiro atoms. The first-order valence-electron chi connectivity index (χ1n) is 20.4. The van der Waals surface area contributed by atoms with E-state index in [1.54, 1.807) is 0 Å². The molecule has 14 N–H and O–H groups in total. The molecule has 1 unspecified atom stereocenters. The van der Waals surface area contributed by atoms with Crippen molar-refractivity contribution in [1.29, 1.82) is 0 Å². The summed E-state index contributed by atoms with van der Waals surface area (Å²) in [4.78, 5) is 12.8. The lowest BCUT2D eigenvalue weighted by atomic mass is 9.97. The molecule has 0 saturated carbocycles. The van der Waals surface area contributed by atoms with Gasteiger partial charge >= 0.3 is 5.97 Å². The average Bonchev–Trinajstić information content (AvgIpc) is 3.30. The molecule has 23 heteroatoms.